The van der Waals surface area contributed by atoms with Gasteiger partial charge in [0.05, 0.1) is 4.92 Å². The maximum atomic E-state index is 11.8. The van der Waals surface area contributed by atoms with Gasteiger partial charge in [-0.05, 0) is 46.3 Å². The summed E-state index contributed by atoms with van der Waals surface area (Å²) in [6, 6.07) is 8.04. The predicted octanol–water partition coefficient (Wildman–Crippen LogP) is 1.97. The molecule has 0 aliphatic rings. The monoisotopic (exact) mass is 437 g/mol. The zero-order valence-electron chi connectivity index (χ0n) is 13.5. The minimum Gasteiger partial charge on any atom is -0.452 e. The first-order chi connectivity index (χ1) is 12.8. The van der Waals surface area contributed by atoms with E-state index in [4.69, 9.17) is 9.15 Å². The molecule has 1 aromatic heterocycles. The molecule has 2 aromatic rings. The summed E-state index contributed by atoms with van der Waals surface area (Å²) in [5.41, 5.74) is 4.08. The molecule has 0 spiro atoms. The lowest BCUT2D eigenvalue weighted by Crippen LogP contribution is -2.43. The van der Waals surface area contributed by atoms with Gasteiger partial charge in [0, 0.05) is 23.8 Å². The zero-order chi connectivity index (χ0) is 19.8. The number of rotatable bonds is 6. The molecule has 140 valence electrons. The number of esters is 1. The molecule has 2 N–H and O–H groups in total. The van der Waals surface area contributed by atoms with Crippen LogP contribution in [0, 0.1) is 10.1 Å². The van der Waals surface area contributed by atoms with Crippen LogP contribution in [0.15, 0.2) is 51.6 Å². The van der Waals surface area contributed by atoms with E-state index in [-0.39, 0.29) is 11.3 Å². The van der Waals surface area contributed by atoms with Crippen LogP contribution in [0.4, 0.5) is 5.69 Å². The first kappa shape index (κ1) is 19.8. The normalized spacial score (nSPS) is 10.4. The van der Waals surface area contributed by atoms with Crippen molar-refractivity contribution < 1.29 is 28.5 Å². The van der Waals surface area contributed by atoms with Crippen molar-refractivity contribution in [3.63, 3.8) is 0 Å². The molecule has 0 bridgehead atoms. The van der Waals surface area contributed by atoms with Gasteiger partial charge in [0.15, 0.2) is 11.3 Å². The lowest BCUT2D eigenvalue weighted by Gasteiger charge is -2.07. The number of hydrogen-bond acceptors (Lipinski definition) is 7. The number of carbonyl (C=O) groups is 3. The van der Waals surface area contributed by atoms with Crippen molar-refractivity contribution in [3.05, 3.63) is 68.6 Å². The zero-order valence-corrected chi connectivity index (χ0v) is 15.1. The topological polar surface area (TPSA) is 141 Å². The van der Waals surface area contributed by atoms with Crippen LogP contribution in [0.25, 0.3) is 6.08 Å². The molecule has 2 amide bonds. The molecule has 2 rings (SSSR count). The predicted molar refractivity (Wildman–Crippen MR) is 95.1 cm³/mol. The van der Waals surface area contributed by atoms with Crippen molar-refractivity contribution in [1.82, 2.24) is 10.9 Å². The van der Waals surface area contributed by atoms with E-state index in [0.29, 0.717) is 10.4 Å². The lowest BCUT2D eigenvalue weighted by atomic mass is 10.2. The number of nitrogens with one attached hydrogen (secondary N) is 2. The smallest absolute Gasteiger partial charge is 0.331 e. The molecule has 27 heavy (non-hydrogen) atoms. The first-order valence-electron chi connectivity index (χ1n) is 7.29. The maximum Gasteiger partial charge on any atom is 0.331 e. The number of non-ortho nitro benzene ring substituents is 1. The number of hydrazine groups is 1. The Morgan fingerprint density at radius 2 is 1.85 bits per heavy atom. The SMILES string of the molecule is O=C(COC(=O)C=Cc1ccc(Br)o1)NNC(=O)c1ccc([N+](=O)[O-])cc1. The lowest BCUT2D eigenvalue weighted by molar-refractivity contribution is -0.384. The fourth-order valence-electron chi connectivity index (χ4n) is 1.72. The van der Waals surface area contributed by atoms with E-state index in [1.165, 1.54) is 18.2 Å². The van der Waals surface area contributed by atoms with Gasteiger partial charge in [-0.2, -0.15) is 0 Å². The van der Waals surface area contributed by atoms with Crippen LogP contribution in [0.3, 0.4) is 0 Å². The van der Waals surface area contributed by atoms with Gasteiger partial charge in [-0.1, -0.05) is 0 Å². The fraction of sp³-hybridized carbons (Fsp3) is 0.0625. The highest BCUT2D eigenvalue weighted by Gasteiger charge is 2.11. The number of nitro benzene ring substituents is 1. The summed E-state index contributed by atoms with van der Waals surface area (Å²) in [5, 5.41) is 10.5. The number of nitrogens with zero attached hydrogens (tertiary/aromatic N) is 1. The van der Waals surface area contributed by atoms with Crippen LogP contribution >= 0.6 is 15.9 Å². The molecular formula is C16H12BrN3O7. The molecule has 0 unspecified atom stereocenters. The van der Waals surface area contributed by atoms with Gasteiger partial charge in [0.1, 0.15) is 5.76 Å². The van der Waals surface area contributed by atoms with Gasteiger partial charge in [0.2, 0.25) is 0 Å². The van der Waals surface area contributed by atoms with Crippen molar-refractivity contribution >= 4 is 45.5 Å². The van der Waals surface area contributed by atoms with E-state index >= 15 is 0 Å². The molecule has 1 heterocycles. The average Bonchev–Trinajstić information content (AvgIpc) is 3.08. The third kappa shape index (κ3) is 6.40. The number of carbonyl (C=O) groups excluding carboxylic acids is 3. The van der Waals surface area contributed by atoms with Crippen LogP contribution < -0.4 is 10.9 Å². The second kappa shape index (κ2) is 9.29. The van der Waals surface area contributed by atoms with E-state index in [1.54, 1.807) is 12.1 Å². The van der Waals surface area contributed by atoms with Gasteiger partial charge in [-0.3, -0.25) is 30.6 Å². The molecule has 0 radical (unpaired) electrons. The molecular weight excluding hydrogens is 426 g/mol. The van der Waals surface area contributed by atoms with Gasteiger partial charge < -0.3 is 9.15 Å². The standard InChI is InChI=1S/C16H12BrN3O7/c17-13-7-5-12(27-13)6-8-15(22)26-9-14(21)18-19-16(23)10-1-3-11(4-2-10)20(24)25/h1-8H,9H2,(H,18,21)(H,19,23). The van der Waals surface area contributed by atoms with E-state index in [2.05, 4.69) is 26.8 Å². The molecule has 1 aromatic carbocycles. The summed E-state index contributed by atoms with van der Waals surface area (Å²) >= 11 is 3.11. The van der Waals surface area contributed by atoms with Crippen molar-refractivity contribution in [1.29, 1.82) is 0 Å². The number of furan rings is 1. The van der Waals surface area contributed by atoms with E-state index in [1.807, 2.05) is 0 Å². The highest BCUT2D eigenvalue weighted by Crippen LogP contribution is 2.15. The maximum absolute atomic E-state index is 11.8. The highest BCUT2D eigenvalue weighted by molar-refractivity contribution is 9.10. The quantitative estimate of drug-likeness (QED) is 0.304. The van der Waals surface area contributed by atoms with Gasteiger partial charge in [0.25, 0.3) is 17.5 Å². The Morgan fingerprint density at radius 3 is 2.44 bits per heavy atom. The largest absolute Gasteiger partial charge is 0.452 e. The second-order valence-corrected chi connectivity index (χ2v) is 5.67. The summed E-state index contributed by atoms with van der Waals surface area (Å²) in [4.78, 5) is 44.8. The summed E-state index contributed by atoms with van der Waals surface area (Å²) in [7, 11) is 0. The third-order valence-corrected chi connectivity index (χ3v) is 3.41. The molecule has 0 aliphatic heterocycles. The van der Waals surface area contributed by atoms with Gasteiger partial charge in [-0.15, -0.1) is 0 Å². The van der Waals surface area contributed by atoms with Crippen molar-refractivity contribution in [2.24, 2.45) is 0 Å². The number of nitro groups is 1. The summed E-state index contributed by atoms with van der Waals surface area (Å²) in [6.45, 7) is -0.619. The molecule has 0 fully saturated rings. The number of amides is 2. The van der Waals surface area contributed by atoms with Crippen LogP contribution in [-0.2, 0) is 14.3 Å². The van der Waals surface area contributed by atoms with Crippen molar-refractivity contribution in [2.75, 3.05) is 6.61 Å². The van der Waals surface area contributed by atoms with Crippen LogP contribution in [0.5, 0.6) is 0 Å². The fourth-order valence-corrected chi connectivity index (χ4v) is 2.04. The minimum absolute atomic E-state index is 0.102. The molecule has 11 heteroatoms. The van der Waals surface area contributed by atoms with Gasteiger partial charge >= 0.3 is 5.97 Å². The summed E-state index contributed by atoms with van der Waals surface area (Å²) in [6.07, 6.45) is 2.44. The molecule has 10 nitrogen and oxygen atoms in total. The number of benzene rings is 1. The van der Waals surface area contributed by atoms with Crippen LogP contribution in [0.2, 0.25) is 0 Å². The summed E-state index contributed by atoms with van der Waals surface area (Å²) in [5.74, 6) is -1.82. The van der Waals surface area contributed by atoms with E-state index in [0.717, 1.165) is 18.2 Å². The Kier molecular flexibility index (Phi) is 6.83. The third-order valence-electron chi connectivity index (χ3n) is 2.98. The highest BCUT2D eigenvalue weighted by atomic mass is 79.9. The number of ether oxygens (including phenoxy) is 1. The summed E-state index contributed by atoms with van der Waals surface area (Å²) < 4.78 is 10.3. The Bertz CT molecular complexity index is 890. The number of hydrogen-bond donors (Lipinski definition) is 2. The Hall–Kier alpha value is -3.47. The van der Waals surface area contributed by atoms with E-state index < -0.39 is 29.3 Å². The minimum atomic E-state index is -0.778. The molecule has 0 atom stereocenters. The van der Waals surface area contributed by atoms with Crippen LogP contribution in [-0.4, -0.2) is 29.3 Å². The van der Waals surface area contributed by atoms with E-state index in [9.17, 15) is 24.5 Å². The van der Waals surface area contributed by atoms with Crippen molar-refractivity contribution in [2.45, 2.75) is 0 Å². The molecule has 0 saturated carbocycles. The van der Waals surface area contributed by atoms with Gasteiger partial charge in [-0.25, -0.2) is 4.79 Å². The second-order valence-electron chi connectivity index (χ2n) is 4.89. The Labute approximate surface area is 160 Å². The Balaban J connectivity index is 1.73. The first-order valence-corrected chi connectivity index (χ1v) is 8.08. The molecule has 0 aliphatic carbocycles. The van der Waals surface area contributed by atoms with Crippen molar-refractivity contribution in [3.8, 4) is 0 Å². The average molecular weight is 438 g/mol. The van der Waals surface area contributed by atoms with Crippen LogP contribution in [0.1, 0.15) is 16.1 Å². The molecule has 0 saturated heterocycles. The Morgan fingerprint density at radius 1 is 1.15 bits per heavy atom. The number of halogens is 1.